The summed E-state index contributed by atoms with van der Waals surface area (Å²) in [7, 11) is -1.67. The molecule has 6 nitrogen and oxygen atoms in total. The summed E-state index contributed by atoms with van der Waals surface area (Å²) < 4.78 is 31.5. The van der Waals surface area contributed by atoms with E-state index < -0.39 is 10.0 Å². The minimum absolute atomic E-state index is 0.0306. The van der Waals surface area contributed by atoms with Gasteiger partial charge in [0.2, 0.25) is 10.0 Å². The van der Waals surface area contributed by atoms with Crippen LogP contribution in [0.2, 0.25) is 0 Å². The van der Waals surface area contributed by atoms with E-state index in [4.69, 9.17) is 4.74 Å². The molecule has 0 saturated carbocycles. The Morgan fingerprint density at radius 3 is 2.25 bits per heavy atom. The molecule has 0 aromatic heterocycles. The molecule has 28 heavy (non-hydrogen) atoms. The van der Waals surface area contributed by atoms with Gasteiger partial charge in [0.25, 0.3) is 5.91 Å². The van der Waals surface area contributed by atoms with Crippen LogP contribution >= 0.6 is 0 Å². The number of hydrogen-bond donors (Lipinski definition) is 1. The van der Waals surface area contributed by atoms with Gasteiger partial charge in [-0.3, -0.25) is 4.79 Å². The van der Waals surface area contributed by atoms with Crippen LogP contribution in [0.1, 0.15) is 47.3 Å². The molecular weight excluding hydrogens is 376 g/mol. The van der Waals surface area contributed by atoms with Crippen molar-refractivity contribution in [1.82, 2.24) is 9.62 Å². The van der Waals surface area contributed by atoms with Crippen molar-refractivity contribution in [2.45, 2.75) is 31.6 Å². The molecular formula is C21H26N2O4S. The third kappa shape index (κ3) is 4.91. The molecule has 1 saturated heterocycles. The maximum Gasteiger partial charge on any atom is 0.251 e. The van der Waals surface area contributed by atoms with E-state index >= 15 is 0 Å². The van der Waals surface area contributed by atoms with Crippen molar-refractivity contribution in [1.29, 1.82) is 0 Å². The number of nitrogens with one attached hydrogen (secondary N) is 1. The highest BCUT2D eigenvalue weighted by molar-refractivity contribution is 7.88. The summed E-state index contributed by atoms with van der Waals surface area (Å²) in [5.74, 6) is 0.538. The van der Waals surface area contributed by atoms with E-state index in [1.165, 1.54) is 0 Å². The van der Waals surface area contributed by atoms with Crippen LogP contribution in [0.25, 0.3) is 0 Å². The van der Waals surface area contributed by atoms with E-state index in [9.17, 15) is 13.2 Å². The molecule has 1 aliphatic rings. The van der Waals surface area contributed by atoms with Gasteiger partial charge >= 0.3 is 0 Å². The van der Waals surface area contributed by atoms with Gasteiger partial charge in [0, 0.05) is 18.7 Å². The van der Waals surface area contributed by atoms with Gasteiger partial charge in [-0.25, -0.2) is 12.7 Å². The van der Waals surface area contributed by atoms with Crippen LogP contribution in [-0.4, -0.2) is 38.8 Å². The van der Waals surface area contributed by atoms with Crippen LogP contribution in [0.4, 0.5) is 0 Å². The smallest absolute Gasteiger partial charge is 0.251 e. The molecule has 0 spiro atoms. The second-order valence-electron chi connectivity index (χ2n) is 7.03. The van der Waals surface area contributed by atoms with E-state index in [-0.39, 0.29) is 17.7 Å². The molecule has 1 amide bonds. The van der Waals surface area contributed by atoms with Crippen molar-refractivity contribution >= 4 is 15.9 Å². The molecule has 1 heterocycles. The molecule has 1 fully saturated rings. The number of benzene rings is 2. The number of ether oxygens (including phenoxy) is 1. The van der Waals surface area contributed by atoms with Gasteiger partial charge in [-0.05, 0) is 55.2 Å². The number of sulfonamides is 1. The summed E-state index contributed by atoms with van der Waals surface area (Å²) in [6.45, 7) is 3.12. The number of rotatable bonds is 7. The summed E-state index contributed by atoms with van der Waals surface area (Å²) in [6.07, 6.45) is 1.84. The molecule has 0 aliphatic carbocycles. The third-order valence-electron chi connectivity index (χ3n) is 4.99. The van der Waals surface area contributed by atoms with Crippen molar-refractivity contribution in [3.8, 4) is 5.75 Å². The second-order valence-corrected chi connectivity index (χ2v) is 9.00. The molecule has 0 radical (unpaired) electrons. The largest absolute Gasteiger partial charge is 0.497 e. The highest BCUT2D eigenvalue weighted by atomic mass is 32.2. The molecule has 1 atom stereocenters. The second kappa shape index (κ2) is 8.75. The monoisotopic (exact) mass is 402 g/mol. The molecule has 1 aliphatic heterocycles. The summed E-state index contributed by atoms with van der Waals surface area (Å²) >= 11 is 0. The molecule has 1 unspecified atom stereocenters. The van der Waals surface area contributed by atoms with E-state index in [0.717, 1.165) is 24.2 Å². The normalized spacial score (nSPS) is 15.9. The number of carbonyl (C=O) groups is 1. The van der Waals surface area contributed by atoms with Crippen LogP contribution in [0.15, 0.2) is 48.5 Å². The Balaban J connectivity index is 1.61. The molecule has 2 aromatic carbocycles. The van der Waals surface area contributed by atoms with E-state index in [1.54, 1.807) is 35.7 Å². The first-order chi connectivity index (χ1) is 13.4. The number of nitrogens with zero attached hydrogens (tertiary/aromatic N) is 1. The standard InChI is InChI=1S/C21H26N2O4S/c1-16(18-9-11-20(27-2)12-10-18)22-21(24)19-7-5-17(6-8-19)15-28(25,26)23-13-3-4-14-23/h5-12,16H,3-4,13-15H2,1-2H3,(H,22,24). The van der Waals surface area contributed by atoms with Crippen molar-refractivity contribution in [3.05, 3.63) is 65.2 Å². The van der Waals surface area contributed by atoms with Gasteiger partial charge in [0.05, 0.1) is 18.9 Å². The lowest BCUT2D eigenvalue weighted by molar-refractivity contribution is 0.0940. The molecule has 3 rings (SSSR count). The van der Waals surface area contributed by atoms with E-state index in [1.807, 2.05) is 31.2 Å². The maximum atomic E-state index is 12.5. The lowest BCUT2D eigenvalue weighted by Crippen LogP contribution is -2.29. The number of amides is 1. The summed E-state index contributed by atoms with van der Waals surface area (Å²) in [5.41, 5.74) is 2.16. The van der Waals surface area contributed by atoms with Crippen molar-refractivity contribution in [2.24, 2.45) is 0 Å². The van der Waals surface area contributed by atoms with Crippen LogP contribution < -0.4 is 10.1 Å². The Kier molecular flexibility index (Phi) is 6.36. The molecule has 150 valence electrons. The lowest BCUT2D eigenvalue weighted by Gasteiger charge is -2.16. The van der Waals surface area contributed by atoms with Gasteiger partial charge in [-0.2, -0.15) is 0 Å². The van der Waals surface area contributed by atoms with Crippen molar-refractivity contribution in [3.63, 3.8) is 0 Å². The van der Waals surface area contributed by atoms with Crippen LogP contribution in [-0.2, 0) is 15.8 Å². The van der Waals surface area contributed by atoms with Crippen LogP contribution in [0.5, 0.6) is 5.75 Å². The third-order valence-corrected chi connectivity index (χ3v) is 6.84. The summed E-state index contributed by atoms with van der Waals surface area (Å²) in [6, 6.07) is 14.1. The quantitative estimate of drug-likeness (QED) is 0.772. The Labute approximate surface area is 166 Å². The van der Waals surface area contributed by atoms with Gasteiger partial charge in [-0.1, -0.05) is 24.3 Å². The van der Waals surface area contributed by atoms with Gasteiger partial charge < -0.3 is 10.1 Å². The zero-order valence-electron chi connectivity index (χ0n) is 16.2. The van der Waals surface area contributed by atoms with Crippen molar-refractivity contribution in [2.75, 3.05) is 20.2 Å². The van der Waals surface area contributed by atoms with Gasteiger partial charge in [0.15, 0.2) is 0 Å². The molecule has 1 N–H and O–H groups in total. The predicted molar refractivity (Wildman–Crippen MR) is 109 cm³/mol. The average molecular weight is 403 g/mol. The van der Waals surface area contributed by atoms with Crippen molar-refractivity contribution < 1.29 is 17.9 Å². The lowest BCUT2D eigenvalue weighted by atomic mass is 10.1. The topological polar surface area (TPSA) is 75.7 Å². The fraction of sp³-hybridized carbons (Fsp3) is 0.381. The number of hydrogen-bond acceptors (Lipinski definition) is 4. The first-order valence-electron chi connectivity index (χ1n) is 9.40. The molecule has 0 bridgehead atoms. The summed E-state index contributed by atoms with van der Waals surface area (Å²) in [5, 5.41) is 2.96. The highest BCUT2D eigenvalue weighted by Gasteiger charge is 2.25. The average Bonchev–Trinajstić information content (AvgIpc) is 3.24. The zero-order chi connectivity index (χ0) is 20.1. The highest BCUT2D eigenvalue weighted by Crippen LogP contribution is 2.19. The zero-order valence-corrected chi connectivity index (χ0v) is 17.0. The fourth-order valence-corrected chi connectivity index (χ4v) is 4.89. The Hall–Kier alpha value is -2.38. The molecule has 2 aromatic rings. The predicted octanol–water partition coefficient (Wildman–Crippen LogP) is 3.11. The maximum absolute atomic E-state index is 12.5. The first kappa shape index (κ1) is 20.4. The fourth-order valence-electron chi connectivity index (χ4n) is 3.28. The minimum atomic E-state index is -3.28. The SMILES string of the molecule is COc1ccc(C(C)NC(=O)c2ccc(CS(=O)(=O)N3CCCC3)cc2)cc1. The van der Waals surface area contributed by atoms with Crippen LogP contribution in [0.3, 0.4) is 0 Å². The molecule has 7 heteroatoms. The summed E-state index contributed by atoms with van der Waals surface area (Å²) in [4.78, 5) is 12.5. The minimum Gasteiger partial charge on any atom is -0.497 e. The number of carbonyl (C=O) groups excluding carboxylic acids is 1. The number of methoxy groups -OCH3 is 1. The van der Waals surface area contributed by atoms with Gasteiger partial charge in [-0.15, -0.1) is 0 Å². The van der Waals surface area contributed by atoms with E-state index in [2.05, 4.69) is 5.32 Å². The Morgan fingerprint density at radius 2 is 1.68 bits per heavy atom. The van der Waals surface area contributed by atoms with E-state index in [0.29, 0.717) is 24.2 Å². The van der Waals surface area contributed by atoms with Crippen LogP contribution in [0, 0.1) is 0 Å². The Morgan fingerprint density at radius 1 is 1.07 bits per heavy atom. The van der Waals surface area contributed by atoms with Gasteiger partial charge in [0.1, 0.15) is 5.75 Å². The first-order valence-corrected chi connectivity index (χ1v) is 11.0. The Bertz CT molecular complexity index is 902.